The largest absolute Gasteiger partial charge is 0.550 e. The Morgan fingerprint density at radius 2 is 0.811 bits per heavy atom. The number of carboxylic acids is 2. The van der Waals surface area contributed by atoms with Crippen molar-refractivity contribution in [3.63, 3.8) is 0 Å². The van der Waals surface area contributed by atoms with Gasteiger partial charge in [0, 0.05) is 44.8 Å². The Morgan fingerprint density at radius 3 is 1.14 bits per heavy atom. The summed E-state index contributed by atoms with van der Waals surface area (Å²) in [6, 6.07) is 0. The van der Waals surface area contributed by atoms with Crippen LogP contribution >= 0.6 is 0 Å². The molecule has 0 N–H and O–H groups in total. The molecule has 0 atom stereocenters. The predicted octanol–water partition coefficient (Wildman–Crippen LogP) is 8.44. The first-order valence-electron chi connectivity index (χ1n) is 25.1. The number of carbonyl (C=O) groups excluding carboxylic acids is 2. The molecule has 0 saturated heterocycles. The minimum atomic E-state index is -4.06. The van der Waals surface area contributed by atoms with Gasteiger partial charge in [0.1, 0.15) is 0 Å². The molecule has 37 heavy (non-hydrogen) atoms. The Bertz CT molecular complexity index is 1240. The third-order valence-electron chi connectivity index (χ3n) is 4.11. The molecule has 0 aliphatic rings. The second-order valence-electron chi connectivity index (χ2n) is 7.55. The van der Waals surface area contributed by atoms with Crippen molar-refractivity contribution >= 4 is 33.1 Å². The van der Waals surface area contributed by atoms with Crippen molar-refractivity contribution in [2.45, 2.75) is 190 Å². The summed E-state index contributed by atoms with van der Waals surface area (Å²) in [6.07, 6.45) is -37.4. The zero-order valence-electron chi connectivity index (χ0n) is 47.0. The molecule has 0 radical (unpaired) electrons. The van der Waals surface area contributed by atoms with Gasteiger partial charge in [0.05, 0.1) is 0 Å². The molecule has 0 spiro atoms. The van der Waals surface area contributed by atoms with Gasteiger partial charge in [-0.3, -0.25) is 0 Å². The summed E-state index contributed by atoms with van der Waals surface area (Å²) in [5, 5.41) is 21.8. The van der Waals surface area contributed by atoms with Crippen LogP contribution in [0.3, 0.4) is 0 Å². The molecule has 0 amide bonds. The third-order valence-corrected chi connectivity index (χ3v) is 8.14. The number of hydrogen-bond donors (Lipinski definition) is 0. The van der Waals surface area contributed by atoms with E-state index in [9.17, 15) is 19.8 Å². The molecular formula is C32H64O4Sn. The summed E-state index contributed by atoms with van der Waals surface area (Å²) >= 11 is 0.149. The molecule has 0 aromatic heterocycles. The molecule has 0 bridgehead atoms. The Balaban J connectivity index is -0.000000918. The summed E-state index contributed by atoms with van der Waals surface area (Å²) in [5.41, 5.74) is 0. The van der Waals surface area contributed by atoms with Crippen LogP contribution in [0, 0.1) is 0 Å². The van der Waals surface area contributed by atoms with Crippen LogP contribution in [0.4, 0.5) is 0 Å². The van der Waals surface area contributed by atoms with Gasteiger partial charge in [-0.15, -0.1) is 0 Å². The molecular weight excluding hydrogens is 567 g/mol. The summed E-state index contributed by atoms with van der Waals surface area (Å²) in [7, 11) is 0. The maximum atomic E-state index is 10.9. The quantitative estimate of drug-likeness (QED) is 0.0679. The zero-order chi connectivity index (χ0) is 49.8. The van der Waals surface area contributed by atoms with Crippen molar-refractivity contribution in [2.24, 2.45) is 0 Å². The molecule has 0 rings (SSSR count). The van der Waals surface area contributed by atoms with Crippen molar-refractivity contribution < 1.29 is 52.7 Å². The second kappa shape index (κ2) is 40.2. The molecule has 0 fully saturated rings. The molecule has 0 aromatic rings. The molecule has 0 heterocycles. The zero-order valence-corrected chi connectivity index (χ0v) is 25.9. The van der Waals surface area contributed by atoms with Crippen LogP contribution < -0.4 is 10.2 Å². The number of hydrogen-bond acceptors (Lipinski definition) is 4. The van der Waals surface area contributed by atoms with E-state index in [4.69, 9.17) is 32.9 Å². The van der Waals surface area contributed by atoms with Gasteiger partial charge in [0.15, 0.2) is 0 Å². The molecule has 220 valence electrons. The average Bonchev–Trinajstić information content (AvgIpc) is 3.11. The van der Waals surface area contributed by atoms with Crippen molar-refractivity contribution in [3.8, 4) is 0 Å². The molecule has 5 heteroatoms. The number of unbranched alkanes of at least 4 members (excludes halogenated alkanes) is 6. The topological polar surface area (TPSA) is 80.3 Å². The van der Waals surface area contributed by atoms with Crippen LogP contribution in [0.25, 0.3) is 0 Å². The van der Waals surface area contributed by atoms with E-state index in [1.807, 2.05) is 0 Å². The maximum Gasteiger partial charge on any atom is 0.0414 e. The normalized spacial score (nSPS) is 24.3. The van der Waals surface area contributed by atoms with Gasteiger partial charge in [0.25, 0.3) is 0 Å². The second-order valence-corrected chi connectivity index (χ2v) is 11.8. The van der Waals surface area contributed by atoms with Crippen molar-refractivity contribution in [1.29, 1.82) is 0 Å². The van der Waals surface area contributed by atoms with Crippen LogP contribution in [0.2, 0.25) is 8.87 Å². The SMILES string of the molecule is CCC[CH2][Sn+2][CH2]CCC.[3H]C([3H])(CCCCC)C([3H])([3H])C([3H])([3H])C([3H])([3H])C([3H])([3H])C([3H])([3H])C(=O)[O-].[3H]C([3H])(CCCCC)C([3H])([3H])C([3H])([3H])C([3H])([3H])C([3H])([3H])C([3H])([3H])C(=O)[O-]. The van der Waals surface area contributed by atoms with E-state index in [1.54, 1.807) is 22.7 Å². The number of carbonyl (C=O) groups is 2. The number of aliphatic carboxylic acids is 2. The fourth-order valence-electron chi connectivity index (χ4n) is 2.16. The number of carboxylic acid groups (broad SMARTS) is 2. The van der Waals surface area contributed by atoms with Gasteiger partial charge in [-0.05, 0) is 25.5 Å². The van der Waals surface area contributed by atoms with E-state index in [0.29, 0.717) is 25.7 Å². The fourth-order valence-corrected chi connectivity index (χ4v) is 6.32. The molecule has 0 unspecified atom stereocenters. The van der Waals surface area contributed by atoms with Crippen LogP contribution in [0.1, 0.15) is 214 Å². The van der Waals surface area contributed by atoms with E-state index in [1.165, 1.54) is 25.7 Å². The van der Waals surface area contributed by atoms with Gasteiger partial charge in [0.2, 0.25) is 0 Å². The van der Waals surface area contributed by atoms with E-state index >= 15 is 0 Å². The van der Waals surface area contributed by atoms with Crippen LogP contribution in [0.15, 0.2) is 0 Å². The minimum absolute atomic E-state index is 0.149. The predicted molar refractivity (Wildman–Crippen MR) is 159 cm³/mol. The molecule has 0 saturated carbocycles. The molecule has 0 aliphatic heterocycles. The van der Waals surface area contributed by atoms with E-state index in [0.717, 1.165) is 0 Å². The first kappa shape index (κ1) is 14.1. The van der Waals surface area contributed by atoms with E-state index < -0.39 is 101 Å². The van der Waals surface area contributed by atoms with Crippen molar-refractivity contribution in [3.05, 3.63) is 0 Å². The Morgan fingerprint density at radius 1 is 0.486 bits per heavy atom. The summed E-state index contributed by atoms with van der Waals surface area (Å²) in [5.74, 6) is -5.26. The van der Waals surface area contributed by atoms with E-state index in [-0.39, 0.29) is 34.0 Å². The third kappa shape index (κ3) is 52.9. The van der Waals surface area contributed by atoms with E-state index in [2.05, 4.69) is 13.8 Å². The van der Waals surface area contributed by atoms with Gasteiger partial charge >= 0.3 is 69.5 Å². The first-order chi connectivity index (χ1) is 26.9. The molecule has 4 nitrogen and oxygen atoms in total. The van der Waals surface area contributed by atoms with Crippen LogP contribution in [0.5, 0.6) is 0 Å². The fraction of sp³-hybridized carbons (Fsp3) is 0.938. The summed E-state index contributed by atoms with van der Waals surface area (Å²) < 4.78 is 187. The van der Waals surface area contributed by atoms with Gasteiger partial charge in [-0.2, -0.15) is 0 Å². The molecule has 0 aliphatic carbocycles. The smallest absolute Gasteiger partial charge is 0.0414 e. The Labute approximate surface area is 276 Å². The van der Waals surface area contributed by atoms with Crippen LogP contribution in [-0.4, -0.2) is 33.1 Å². The maximum absolute atomic E-state index is 10.9. The number of rotatable bonds is 26. The van der Waals surface area contributed by atoms with Gasteiger partial charge < -0.3 is 19.8 Å². The van der Waals surface area contributed by atoms with Crippen LogP contribution in [-0.2, 0) is 9.59 Å². The van der Waals surface area contributed by atoms with Crippen molar-refractivity contribution in [2.75, 3.05) is 0 Å². The van der Waals surface area contributed by atoms with Gasteiger partial charge in [-0.1, -0.05) is 116 Å². The standard InChI is InChI=1S/2C12H24O2.2C4H9.Sn/c2*1-2-3-4-5-6-7-8-9-10-11-12(13)14;2*1-3-4-2;/h2*2-11H2,1H3,(H,13,14);2*1,3-4H2,2H3;/q;;;;+2/p-2/i2*6T2,7T2,8T2,9T2,10T2,11T2;;;. The summed E-state index contributed by atoms with van der Waals surface area (Å²) in [6.45, 7) is 8.19. The first-order valence-corrected chi connectivity index (χ1v) is 17.1. The Hall–Kier alpha value is -0.261. The van der Waals surface area contributed by atoms with Gasteiger partial charge in [-0.25, -0.2) is 0 Å². The minimum Gasteiger partial charge on any atom is -0.550 e. The Kier molecular flexibility index (Phi) is 15.3. The monoisotopic (exact) mass is 681 g/mol. The average molecular weight is 680 g/mol. The van der Waals surface area contributed by atoms with Crippen molar-refractivity contribution in [1.82, 2.24) is 0 Å². The molecule has 0 aromatic carbocycles. The summed E-state index contributed by atoms with van der Waals surface area (Å²) in [4.78, 5) is 21.8.